The van der Waals surface area contributed by atoms with E-state index in [2.05, 4.69) is 21.2 Å². The Morgan fingerprint density at radius 3 is 2.21 bits per heavy atom. The highest BCUT2D eigenvalue weighted by Gasteiger charge is 2.24. The number of nitrogens with one attached hydrogen (secondary N) is 3. The third-order valence-corrected chi connectivity index (χ3v) is 4.15. The first-order valence-corrected chi connectivity index (χ1v) is 8.63. The molecule has 0 bridgehead atoms. The summed E-state index contributed by atoms with van der Waals surface area (Å²) < 4.78 is 0. The molecule has 9 heteroatoms. The average Bonchev–Trinajstić information content (AvgIpc) is 2.72. The van der Waals surface area contributed by atoms with Gasteiger partial charge in [0.05, 0.1) is 6.04 Å². The summed E-state index contributed by atoms with van der Waals surface area (Å²) in [4.78, 5) is 23.7. The number of amides is 1. The van der Waals surface area contributed by atoms with Crippen LogP contribution in [0.1, 0.15) is 12.5 Å². The Morgan fingerprint density at radius 1 is 1.07 bits per heavy atom. The predicted molar refractivity (Wildman–Crippen MR) is 107 cm³/mol. The number of carboxylic acid groups (broad SMARTS) is 1. The Kier molecular flexibility index (Phi) is 7.49. The average molecular weight is 384 g/mol. The number of benzene rings is 2. The fourth-order valence-corrected chi connectivity index (χ4v) is 2.61. The molecule has 0 unspecified atom stereocenters. The van der Waals surface area contributed by atoms with Gasteiger partial charge in [0.2, 0.25) is 11.9 Å². The lowest BCUT2D eigenvalue weighted by atomic mass is 10.00. The number of aliphatic carboxylic acids is 1. The third kappa shape index (κ3) is 5.79. The van der Waals surface area contributed by atoms with Gasteiger partial charge in [0.25, 0.3) is 0 Å². The summed E-state index contributed by atoms with van der Waals surface area (Å²) in [6.07, 6.45) is 0.265. The molecule has 2 rings (SSSR count). The standard InChI is InChI=1S/C19H24N6O3/c1-12(18(27)28)22-16(17(26)23-19(24-20)25-21)11-13-7-9-15(10-8-13)14-5-3-2-4-6-14/h2-10,12,16,22H,11,20-21H2,1H3,(H,27,28)(H2,23,24,25,26)/t12-,16-/m0/s1. The van der Waals surface area contributed by atoms with Crippen LogP contribution in [0.2, 0.25) is 0 Å². The highest BCUT2D eigenvalue weighted by Crippen LogP contribution is 2.19. The molecule has 2 aromatic rings. The number of nitrogens with two attached hydrogens (primary N) is 2. The summed E-state index contributed by atoms with van der Waals surface area (Å²) in [5.41, 5.74) is 5.14. The van der Waals surface area contributed by atoms with Crippen molar-refractivity contribution in [1.82, 2.24) is 16.1 Å². The van der Waals surface area contributed by atoms with E-state index in [1.54, 1.807) is 0 Å². The summed E-state index contributed by atoms with van der Waals surface area (Å²) >= 11 is 0. The Labute approximate surface area is 162 Å². The van der Waals surface area contributed by atoms with Crippen LogP contribution in [-0.4, -0.2) is 35.0 Å². The second kappa shape index (κ2) is 10.0. The second-order valence-electron chi connectivity index (χ2n) is 6.16. The fraction of sp³-hybridized carbons (Fsp3) is 0.211. The molecular formula is C19H24N6O3. The molecule has 0 saturated carbocycles. The molecule has 0 saturated heterocycles. The highest BCUT2D eigenvalue weighted by molar-refractivity contribution is 5.99. The zero-order chi connectivity index (χ0) is 20.5. The smallest absolute Gasteiger partial charge is 0.320 e. The van der Waals surface area contributed by atoms with Crippen LogP contribution in [0.15, 0.2) is 59.7 Å². The molecule has 9 nitrogen and oxygen atoms in total. The number of guanidine groups is 1. The normalized spacial score (nSPS) is 13.4. The van der Waals surface area contributed by atoms with E-state index < -0.39 is 24.0 Å². The van der Waals surface area contributed by atoms with E-state index in [1.807, 2.05) is 54.6 Å². The van der Waals surface area contributed by atoms with E-state index >= 15 is 0 Å². The molecule has 8 N–H and O–H groups in total. The van der Waals surface area contributed by atoms with Gasteiger partial charge >= 0.3 is 5.97 Å². The van der Waals surface area contributed by atoms with Crippen molar-refractivity contribution >= 4 is 17.8 Å². The Hall–Kier alpha value is -3.43. The number of hydrogen-bond acceptors (Lipinski definition) is 6. The van der Waals surface area contributed by atoms with Crippen molar-refractivity contribution < 1.29 is 14.7 Å². The van der Waals surface area contributed by atoms with Crippen molar-refractivity contribution in [1.29, 1.82) is 0 Å². The van der Waals surface area contributed by atoms with Gasteiger partial charge in [0, 0.05) is 0 Å². The third-order valence-electron chi connectivity index (χ3n) is 4.15. The predicted octanol–water partition coefficient (Wildman–Crippen LogP) is 0.137. The maximum absolute atomic E-state index is 12.5. The van der Waals surface area contributed by atoms with Crippen molar-refractivity contribution in [2.24, 2.45) is 16.8 Å². The monoisotopic (exact) mass is 384 g/mol. The van der Waals surface area contributed by atoms with Crippen LogP contribution in [-0.2, 0) is 16.0 Å². The number of carbonyl (C=O) groups excluding carboxylic acids is 1. The summed E-state index contributed by atoms with van der Waals surface area (Å²) in [5, 5.41) is 17.6. The second-order valence-corrected chi connectivity index (χ2v) is 6.16. The van der Waals surface area contributed by atoms with E-state index in [9.17, 15) is 9.59 Å². The summed E-state index contributed by atoms with van der Waals surface area (Å²) in [7, 11) is 0. The lowest BCUT2D eigenvalue weighted by Gasteiger charge is -2.21. The number of hydrogen-bond donors (Lipinski definition) is 6. The zero-order valence-electron chi connectivity index (χ0n) is 15.4. The van der Waals surface area contributed by atoms with E-state index in [-0.39, 0.29) is 12.4 Å². The van der Waals surface area contributed by atoms with Gasteiger partial charge in [-0.1, -0.05) is 54.6 Å². The SMILES string of the molecule is C[C@H](N[C@@H](Cc1ccc(-c2ccccc2)cc1)C(=O)N/C(=N/N)NN)C(=O)O. The Morgan fingerprint density at radius 2 is 1.68 bits per heavy atom. The molecule has 0 aliphatic rings. The molecule has 0 heterocycles. The van der Waals surface area contributed by atoms with Crippen LogP contribution >= 0.6 is 0 Å². The van der Waals surface area contributed by atoms with Crippen LogP contribution in [0.25, 0.3) is 11.1 Å². The quantitative estimate of drug-likeness (QED) is 0.172. The summed E-state index contributed by atoms with van der Waals surface area (Å²) in [6, 6.07) is 15.8. The van der Waals surface area contributed by atoms with Crippen molar-refractivity contribution in [2.75, 3.05) is 0 Å². The van der Waals surface area contributed by atoms with Crippen LogP contribution in [0.5, 0.6) is 0 Å². The van der Waals surface area contributed by atoms with Gasteiger partial charge < -0.3 is 10.9 Å². The van der Waals surface area contributed by atoms with Gasteiger partial charge in [-0.05, 0) is 30.0 Å². The maximum atomic E-state index is 12.5. The summed E-state index contributed by atoms with van der Waals surface area (Å²) in [6.45, 7) is 1.46. The van der Waals surface area contributed by atoms with Crippen molar-refractivity contribution in [2.45, 2.75) is 25.4 Å². The van der Waals surface area contributed by atoms with Crippen LogP contribution in [0, 0.1) is 0 Å². The number of carboxylic acids is 1. The minimum absolute atomic E-state index is 0.126. The largest absolute Gasteiger partial charge is 0.480 e. The van der Waals surface area contributed by atoms with Gasteiger partial charge in [0.1, 0.15) is 6.04 Å². The number of carbonyl (C=O) groups is 2. The molecule has 0 fully saturated rings. The molecule has 0 aromatic heterocycles. The van der Waals surface area contributed by atoms with Crippen LogP contribution in [0.4, 0.5) is 0 Å². The molecule has 0 aliphatic heterocycles. The zero-order valence-corrected chi connectivity index (χ0v) is 15.4. The minimum Gasteiger partial charge on any atom is -0.480 e. The summed E-state index contributed by atoms with van der Waals surface area (Å²) in [5.74, 6) is 8.63. The molecule has 2 aromatic carbocycles. The number of hydrazine groups is 1. The molecule has 28 heavy (non-hydrogen) atoms. The lowest BCUT2D eigenvalue weighted by Crippen LogP contribution is -2.55. The van der Waals surface area contributed by atoms with Gasteiger partial charge in [-0.3, -0.25) is 25.6 Å². The topological polar surface area (TPSA) is 155 Å². The lowest BCUT2D eigenvalue weighted by molar-refractivity contribution is -0.139. The van der Waals surface area contributed by atoms with Gasteiger partial charge in [-0.2, -0.15) is 0 Å². The molecule has 2 atom stereocenters. The Balaban J connectivity index is 2.16. The van der Waals surface area contributed by atoms with Crippen LogP contribution in [0.3, 0.4) is 0 Å². The van der Waals surface area contributed by atoms with Crippen molar-refractivity contribution in [3.05, 3.63) is 60.2 Å². The number of nitrogens with zero attached hydrogens (tertiary/aromatic N) is 1. The minimum atomic E-state index is -1.07. The molecular weight excluding hydrogens is 360 g/mol. The van der Waals surface area contributed by atoms with E-state index in [0.717, 1.165) is 16.7 Å². The van der Waals surface area contributed by atoms with E-state index in [1.165, 1.54) is 6.92 Å². The maximum Gasteiger partial charge on any atom is 0.320 e. The first kappa shape index (κ1) is 20.9. The highest BCUT2D eigenvalue weighted by atomic mass is 16.4. The van der Waals surface area contributed by atoms with Gasteiger partial charge in [-0.15, -0.1) is 5.10 Å². The molecule has 0 radical (unpaired) electrons. The molecule has 1 amide bonds. The van der Waals surface area contributed by atoms with Gasteiger partial charge in [-0.25, -0.2) is 5.84 Å². The van der Waals surface area contributed by atoms with E-state index in [4.69, 9.17) is 16.8 Å². The molecule has 0 spiro atoms. The van der Waals surface area contributed by atoms with Gasteiger partial charge in [0.15, 0.2) is 0 Å². The first-order chi connectivity index (χ1) is 13.4. The molecule has 148 valence electrons. The molecule has 0 aliphatic carbocycles. The number of hydrazone groups is 1. The Bertz CT molecular complexity index is 823. The fourth-order valence-electron chi connectivity index (χ4n) is 2.61. The first-order valence-electron chi connectivity index (χ1n) is 8.63. The van der Waals surface area contributed by atoms with Crippen molar-refractivity contribution in [3.8, 4) is 11.1 Å². The van der Waals surface area contributed by atoms with E-state index in [0.29, 0.717) is 0 Å². The van der Waals surface area contributed by atoms with Crippen LogP contribution < -0.4 is 27.7 Å². The van der Waals surface area contributed by atoms with Crippen molar-refractivity contribution in [3.63, 3.8) is 0 Å². The number of rotatable bonds is 7.